The Morgan fingerprint density at radius 3 is 1.83 bits per heavy atom. The Morgan fingerprint density at radius 2 is 1.33 bits per heavy atom. The third-order valence-corrected chi connectivity index (χ3v) is 4.94. The minimum absolute atomic E-state index is 0.0870. The van der Waals surface area contributed by atoms with Gasteiger partial charge in [0.25, 0.3) is 0 Å². The number of unbranched alkanes of at least 4 members (excludes halogenated alkanes) is 9. The summed E-state index contributed by atoms with van der Waals surface area (Å²) in [6.07, 6.45) is 14.6. The zero-order valence-corrected chi connectivity index (χ0v) is 16.1. The lowest BCUT2D eigenvalue weighted by atomic mass is 9.79. The maximum absolute atomic E-state index is 9.46. The lowest BCUT2D eigenvalue weighted by molar-refractivity contribution is 0.306. The molecule has 0 spiro atoms. The van der Waals surface area contributed by atoms with Gasteiger partial charge in [-0.25, -0.2) is 0 Å². The summed E-state index contributed by atoms with van der Waals surface area (Å²) in [6, 6.07) is 10.0. The number of oxime groups is 1. The van der Waals surface area contributed by atoms with Gasteiger partial charge in [-0.15, -0.1) is 0 Å². The largest absolute Gasteiger partial charge is 0.411 e. The standard InChI is InChI=1S/C22H37NO/c1-4-5-6-7-8-9-10-11-12-16-19-22(2,3)21(23-24)20-17-14-13-15-18-20/h13-15,17-18,24H,4-12,16,19H2,1-3H3. The molecule has 136 valence electrons. The topological polar surface area (TPSA) is 32.6 Å². The molecule has 0 aromatic heterocycles. The fraction of sp³-hybridized carbons (Fsp3) is 0.682. The maximum atomic E-state index is 9.46. The van der Waals surface area contributed by atoms with Gasteiger partial charge in [0.05, 0.1) is 5.71 Å². The molecule has 0 heterocycles. The summed E-state index contributed by atoms with van der Waals surface area (Å²) in [5.41, 5.74) is 1.74. The van der Waals surface area contributed by atoms with E-state index in [-0.39, 0.29) is 5.41 Å². The van der Waals surface area contributed by atoms with Crippen molar-refractivity contribution in [2.75, 3.05) is 0 Å². The molecule has 1 aromatic carbocycles. The second-order valence-electron chi connectivity index (χ2n) is 7.63. The van der Waals surface area contributed by atoms with Crippen molar-refractivity contribution < 1.29 is 5.21 Å². The zero-order valence-electron chi connectivity index (χ0n) is 16.1. The first kappa shape index (κ1) is 20.7. The number of hydrogen-bond donors (Lipinski definition) is 1. The highest BCUT2D eigenvalue weighted by molar-refractivity contribution is 6.03. The fourth-order valence-electron chi connectivity index (χ4n) is 3.35. The van der Waals surface area contributed by atoms with Crippen molar-refractivity contribution >= 4 is 5.71 Å². The molecular formula is C22H37NO. The van der Waals surface area contributed by atoms with Crippen LogP contribution >= 0.6 is 0 Å². The van der Waals surface area contributed by atoms with E-state index in [0.29, 0.717) is 0 Å². The predicted octanol–water partition coefficient (Wildman–Crippen LogP) is 7.20. The first-order valence-corrected chi connectivity index (χ1v) is 9.89. The Kier molecular flexibility index (Phi) is 10.5. The van der Waals surface area contributed by atoms with E-state index in [9.17, 15) is 5.21 Å². The molecule has 0 aliphatic heterocycles. The minimum Gasteiger partial charge on any atom is -0.411 e. The van der Waals surface area contributed by atoms with E-state index in [1.807, 2.05) is 30.3 Å². The first-order chi connectivity index (χ1) is 11.6. The van der Waals surface area contributed by atoms with Gasteiger partial charge in [0.1, 0.15) is 0 Å². The van der Waals surface area contributed by atoms with Gasteiger partial charge >= 0.3 is 0 Å². The molecule has 1 aromatic rings. The average Bonchev–Trinajstić information content (AvgIpc) is 2.58. The van der Waals surface area contributed by atoms with Crippen molar-refractivity contribution in [1.82, 2.24) is 0 Å². The van der Waals surface area contributed by atoms with Gasteiger partial charge in [-0.05, 0) is 12.0 Å². The Labute approximate surface area is 149 Å². The molecule has 0 radical (unpaired) electrons. The van der Waals surface area contributed by atoms with E-state index in [2.05, 4.69) is 25.9 Å². The van der Waals surface area contributed by atoms with Crippen LogP contribution < -0.4 is 0 Å². The molecule has 0 amide bonds. The van der Waals surface area contributed by atoms with Crippen molar-refractivity contribution in [3.63, 3.8) is 0 Å². The molecule has 0 aliphatic rings. The number of hydrogen-bond acceptors (Lipinski definition) is 2. The quantitative estimate of drug-likeness (QED) is 0.176. The molecule has 2 nitrogen and oxygen atoms in total. The summed E-state index contributed by atoms with van der Waals surface area (Å²) in [7, 11) is 0. The highest BCUT2D eigenvalue weighted by atomic mass is 16.4. The summed E-state index contributed by atoms with van der Waals surface area (Å²) < 4.78 is 0. The van der Waals surface area contributed by atoms with Gasteiger partial charge in [0.2, 0.25) is 0 Å². The SMILES string of the molecule is CCCCCCCCCCCCC(C)(C)C(=NO)c1ccccc1. The fourth-order valence-corrected chi connectivity index (χ4v) is 3.35. The van der Waals surface area contributed by atoms with Gasteiger partial charge < -0.3 is 5.21 Å². The van der Waals surface area contributed by atoms with Gasteiger partial charge in [-0.1, -0.05) is 120 Å². The van der Waals surface area contributed by atoms with Gasteiger partial charge in [0.15, 0.2) is 0 Å². The molecule has 0 saturated carbocycles. The van der Waals surface area contributed by atoms with Crippen molar-refractivity contribution in [1.29, 1.82) is 0 Å². The minimum atomic E-state index is -0.0870. The number of rotatable bonds is 13. The predicted molar refractivity (Wildman–Crippen MR) is 105 cm³/mol. The third-order valence-electron chi connectivity index (χ3n) is 4.94. The maximum Gasteiger partial charge on any atom is 0.0923 e. The summed E-state index contributed by atoms with van der Waals surface area (Å²) in [4.78, 5) is 0. The summed E-state index contributed by atoms with van der Waals surface area (Å²) in [5.74, 6) is 0. The average molecular weight is 332 g/mol. The van der Waals surface area contributed by atoms with Crippen LogP contribution in [0.2, 0.25) is 0 Å². The lowest BCUT2D eigenvalue weighted by Gasteiger charge is -2.26. The molecule has 1 rings (SSSR count). The van der Waals surface area contributed by atoms with Crippen LogP contribution in [-0.4, -0.2) is 10.9 Å². The van der Waals surface area contributed by atoms with E-state index >= 15 is 0 Å². The Balaban J connectivity index is 2.21. The third kappa shape index (κ3) is 7.99. The molecule has 24 heavy (non-hydrogen) atoms. The van der Waals surface area contributed by atoms with Crippen LogP contribution in [0.4, 0.5) is 0 Å². The molecular weight excluding hydrogens is 294 g/mol. The summed E-state index contributed by atoms with van der Waals surface area (Å²) in [5, 5.41) is 13.1. The van der Waals surface area contributed by atoms with Crippen molar-refractivity contribution in [2.45, 2.75) is 91.4 Å². The Bertz CT molecular complexity index is 450. The first-order valence-electron chi connectivity index (χ1n) is 9.89. The van der Waals surface area contributed by atoms with E-state index in [4.69, 9.17) is 0 Å². The molecule has 0 saturated heterocycles. The monoisotopic (exact) mass is 331 g/mol. The van der Waals surface area contributed by atoms with E-state index in [1.54, 1.807) is 0 Å². The number of benzene rings is 1. The second kappa shape index (κ2) is 12.1. The summed E-state index contributed by atoms with van der Waals surface area (Å²) in [6.45, 7) is 6.64. The van der Waals surface area contributed by atoms with Crippen LogP contribution in [0.1, 0.15) is 97.0 Å². The van der Waals surface area contributed by atoms with Crippen LogP contribution in [0.5, 0.6) is 0 Å². The molecule has 0 aliphatic carbocycles. The zero-order chi connectivity index (χ0) is 17.7. The van der Waals surface area contributed by atoms with Gasteiger partial charge in [-0.3, -0.25) is 0 Å². The Morgan fingerprint density at radius 1 is 0.833 bits per heavy atom. The van der Waals surface area contributed by atoms with E-state index in [1.165, 1.54) is 64.2 Å². The highest BCUT2D eigenvalue weighted by Gasteiger charge is 2.26. The van der Waals surface area contributed by atoms with Crippen molar-refractivity contribution in [2.24, 2.45) is 10.6 Å². The smallest absolute Gasteiger partial charge is 0.0923 e. The van der Waals surface area contributed by atoms with Crippen LogP contribution in [0, 0.1) is 5.41 Å². The lowest BCUT2D eigenvalue weighted by Crippen LogP contribution is -2.25. The normalized spacial score (nSPS) is 12.5. The second-order valence-corrected chi connectivity index (χ2v) is 7.63. The van der Waals surface area contributed by atoms with Gasteiger partial charge in [-0.2, -0.15) is 0 Å². The molecule has 2 heteroatoms. The molecule has 1 N–H and O–H groups in total. The number of nitrogens with zero attached hydrogens (tertiary/aromatic N) is 1. The summed E-state index contributed by atoms with van der Waals surface area (Å²) >= 11 is 0. The van der Waals surface area contributed by atoms with Crippen LogP contribution in [-0.2, 0) is 0 Å². The van der Waals surface area contributed by atoms with Crippen LogP contribution in [0.25, 0.3) is 0 Å². The highest BCUT2D eigenvalue weighted by Crippen LogP contribution is 2.29. The molecule has 0 bridgehead atoms. The van der Waals surface area contributed by atoms with Gasteiger partial charge in [0, 0.05) is 5.41 Å². The van der Waals surface area contributed by atoms with E-state index in [0.717, 1.165) is 17.7 Å². The van der Waals surface area contributed by atoms with Crippen LogP contribution in [0.3, 0.4) is 0 Å². The Hall–Kier alpha value is -1.31. The molecule has 0 fully saturated rings. The van der Waals surface area contributed by atoms with Crippen LogP contribution in [0.15, 0.2) is 35.5 Å². The van der Waals surface area contributed by atoms with Crippen molar-refractivity contribution in [3.8, 4) is 0 Å². The van der Waals surface area contributed by atoms with E-state index < -0.39 is 0 Å². The van der Waals surface area contributed by atoms with Crippen molar-refractivity contribution in [3.05, 3.63) is 35.9 Å². The molecule has 0 atom stereocenters. The molecule has 0 unspecified atom stereocenters.